The fourth-order valence-electron chi connectivity index (χ4n) is 1.64. The SMILES string of the molecule is CCOc1ccc(OCCCC(C)(C)CN)cc1. The highest BCUT2D eigenvalue weighted by Crippen LogP contribution is 2.21. The van der Waals surface area contributed by atoms with E-state index in [1.165, 1.54) is 0 Å². The van der Waals surface area contributed by atoms with E-state index in [2.05, 4.69) is 13.8 Å². The molecule has 0 aromatic heterocycles. The van der Waals surface area contributed by atoms with Crippen LogP contribution in [0.5, 0.6) is 11.5 Å². The monoisotopic (exact) mass is 251 g/mol. The minimum atomic E-state index is 0.210. The molecule has 0 aliphatic heterocycles. The van der Waals surface area contributed by atoms with Gasteiger partial charge in [0.2, 0.25) is 0 Å². The van der Waals surface area contributed by atoms with Crippen molar-refractivity contribution in [3.05, 3.63) is 24.3 Å². The van der Waals surface area contributed by atoms with Crippen LogP contribution < -0.4 is 15.2 Å². The van der Waals surface area contributed by atoms with Crippen molar-refractivity contribution in [1.29, 1.82) is 0 Å². The minimum Gasteiger partial charge on any atom is -0.494 e. The molecule has 0 spiro atoms. The number of rotatable bonds is 8. The van der Waals surface area contributed by atoms with Gasteiger partial charge in [-0.25, -0.2) is 0 Å². The van der Waals surface area contributed by atoms with Gasteiger partial charge >= 0.3 is 0 Å². The Labute approximate surface area is 110 Å². The second kappa shape index (κ2) is 7.27. The third-order valence-corrected chi connectivity index (χ3v) is 2.95. The van der Waals surface area contributed by atoms with Crippen molar-refractivity contribution in [2.75, 3.05) is 19.8 Å². The van der Waals surface area contributed by atoms with E-state index in [-0.39, 0.29) is 5.41 Å². The molecular weight excluding hydrogens is 226 g/mol. The van der Waals surface area contributed by atoms with Gasteiger partial charge in [0.15, 0.2) is 0 Å². The number of hydrogen-bond acceptors (Lipinski definition) is 3. The number of hydrogen-bond donors (Lipinski definition) is 1. The smallest absolute Gasteiger partial charge is 0.119 e. The average molecular weight is 251 g/mol. The molecule has 0 aliphatic rings. The molecule has 0 amide bonds. The summed E-state index contributed by atoms with van der Waals surface area (Å²) < 4.78 is 11.1. The van der Waals surface area contributed by atoms with Crippen molar-refractivity contribution >= 4 is 0 Å². The molecule has 3 heteroatoms. The average Bonchev–Trinajstić information content (AvgIpc) is 2.37. The molecule has 3 nitrogen and oxygen atoms in total. The summed E-state index contributed by atoms with van der Waals surface area (Å²) in [5, 5.41) is 0. The van der Waals surface area contributed by atoms with Gasteiger partial charge < -0.3 is 15.2 Å². The Morgan fingerprint density at radius 3 is 2.11 bits per heavy atom. The maximum absolute atomic E-state index is 5.69. The topological polar surface area (TPSA) is 44.5 Å². The number of benzene rings is 1. The van der Waals surface area contributed by atoms with Gasteiger partial charge in [-0.15, -0.1) is 0 Å². The summed E-state index contributed by atoms with van der Waals surface area (Å²) in [7, 11) is 0. The summed E-state index contributed by atoms with van der Waals surface area (Å²) in [6.45, 7) is 8.49. The van der Waals surface area contributed by atoms with Crippen LogP contribution in [0.2, 0.25) is 0 Å². The molecule has 0 saturated carbocycles. The van der Waals surface area contributed by atoms with Crippen LogP contribution >= 0.6 is 0 Å². The molecule has 1 aromatic carbocycles. The van der Waals surface area contributed by atoms with Gasteiger partial charge in [-0.1, -0.05) is 13.8 Å². The van der Waals surface area contributed by atoms with E-state index in [0.717, 1.165) is 37.5 Å². The molecule has 1 aromatic rings. The Morgan fingerprint density at radius 1 is 1.06 bits per heavy atom. The normalized spacial score (nSPS) is 11.3. The molecule has 0 radical (unpaired) electrons. The molecule has 2 N–H and O–H groups in total. The molecule has 0 bridgehead atoms. The van der Waals surface area contributed by atoms with E-state index in [0.29, 0.717) is 6.61 Å². The number of nitrogens with two attached hydrogens (primary N) is 1. The lowest BCUT2D eigenvalue weighted by Crippen LogP contribution is -2.23. The van der Waals surface area contributed by atoms with E-state index >= 15 is 0 Å². The van der Waals surface area contributed by atoms with Crippen LogP contribution in [0.15, 0.2) is 24.3 Å². The summed E-state index contributed by atoms with van der Waals surface area (Å²) in [5.74, 6) is 1.78. The first-order chi connectivity index (χ1) is 8.57. The molecule has 0 atom stereocenters. The van der Waals surface area contributed by atoms with Crippen LogP contribution in [-0.2, 0) is 0 Å². The third kappa shape index (κ3) is 5.41. The van der Waals surface area contributed by atoms with E-state index in [4.69, 9.17) is 15.2 Å². The van der Waals surface area contributed by atoms with Gasteiger partial charge in [0.25, 0.3) is 0 Å². The highest BCUT2D eigenvalue weighted by molar-refractivity contribution is 5.31. The first kappa shape index (κ1) is 14.8. The van der Waals surface area contributed by atoms with Gasteiger partial charge in [0, 0.05) is 0 Å². The standard InChI is InChI=1S/C15H25NO2/c1-4-17-13-6-8-14(9-7-13)18-11-5-10-15(2,3)12-16/h6-9H,4-5,10-12,16H2,1-3H3. The van der Waals surface area contributed by atoms with Crippen molar-refractivity contribution in [3.8, 4) is 11.5 Å². The van der Waals surface area contributed by atoms with Gasteiger partial charge in [0.05, 0.1) is 13.2 Å². The summed E-state index contributed by atoms with van der Waals surface area (Å²) in [5.41, 5.74) is 5.90. The minimum absolute atomic E-state index is 0.210. The summed E-state index contributed by atoms with van der Waals surface area (Å²) in [6.07, 6.45) is 2.11. The first-order valence-corrected chi connectivity index (χ1v) is 6.63. The Hall–Kier alpha value is -1.22. The maximum atomic E-state index is 5.69. The zero-order valence-corrected chi connectivity index (χ0v) is 11.7. The molecule has 102 valence electrons. The quantitative estimate of drug-likeness (QED) is 0.721. The first-order valence-electron chi connectivity index (χ1n) is 6.63. The maximum Gasteiger partial charge on any atom is 0.119 e. The number of ether oxygens (including phenoxy) is 2. The highest BCUT2D eigenvalue weighted by atomic mass is 16.5. The summed E-state index contributed by atoms with van der Waals surface area (Å²) >= 11 is 0. The van der Waals surface area contributed by atoms with Crippen LogP contribution in [-0.4, -0.2) is 19.8 Å². The van der Waals surface area contributed by atoms with E-state index in [1.54, 1.807) is 0 Å². The lowest BCUT2D eigenvalue weighted by Gasteiger charge is -2.21. The zero-order chi connectivity index (χ0) is 13.4. The van der Waals surface area contributed by atoms with Gasteiger partial charge in [0.1, 0.15) is 11.5 Å². The van der Waals surface area contributed by atoms with Gasteiger partial charge in [-0.2, -0.15) is 0 Å². The zero-order valence-electron chi connectivity index (χ0n) is 11.7. The van der Waals surface area contributed by atoms with E-state index < -0.39 is 0 Å². The molecule has 0 heterocycles. The molecule has 0 saturated heterocycles. The van der Waals surface area contributed by atoms with Crippen molar-refractivity contribution in [1.82, 2.24) is 0 Å². The molecule has 1 rings (SSSR count). The Kier molecular flexibility index (Phi) is 5.99. The highest BCUT2D eigenvalue weighted by Gasteiger charge is 2.14. The summed E-state index contributed by atoms with van der Waals surface area (Å²) in [4.78, 5) is 0. The van der Waals surface area contributed by atoms with Crippen molar-refractivity contribution < 1.29 is 9.47 Å². The second-order valence-electron chi connectivity index (χ2n) is 5.22. The van der Waals surface area contributed by atoms with Crippen LogP contribution in [0.4, 0.5) is 0 Å². The molecule has 18 heavy (non-hydrogen) atoms. The predicted molar refractivity (Wildman–Crippen MR) is 75.2 cm³/mol. The lowest BCUT2D eigenvalue weighted by atomic mass is 9.88. The van der Waals surface area contributed by atoms with E-state index in [1.807, 2.05) is 31.2 Å². The molecule has 0 aliphatic carbocycles. The van der Waals surface area contributed by atoms with Crippen LogP contribution in [0, 0.1) is 5.41 Å². The fourth-order valence-corrected chi connectivity index (χ4v) is 1.64. The van der Waals surface area contributed by atoms with Crippen LogP contribution in [0.1, 0.15) is 33.6 Å². The molecule has 0 fully saturated rings. The third-order valence-electron chi connectivity index (χ3n) is 2.95. The molecule has 0 unspecified atom stereocenters. The van der Waals surface area contributed by atoms with Crippen molar-refractivity contribution in [2.45, 2.75) is 33.6 Å². The Morgan fingerprint density at radius 2 is 1.61 bits per heavy atom. The summed E-state index contributed by atoms with van der Waals surface area (Å²) in [6, 6.07) is 7.75. The lowest BCUT2D eigenvalue weighted by molar-refractivity contribution is 0.260. The Balaban J connectivity index is 2.27. The van der Waals surface area contributed by atoms with Crippen LogP contribution in [0.3, 0.4) is 0 Å². The van der Waals surface area contributed by atoms with E-state index in [9.17, 15) is 0 Å². The molecular formula is C15H25NO2. The van der Waals surface area contributed by atoms with Crippen LogP contribution in [0.25, 0.3) is 0 Å². The van der Waals surface area contributed by atoms with Gasteiger partial charge in [-0.05, 0) is 56.0 Å². The fraction of sp³-hybridized carbons (Fsp3) is 0.600. The predicted octanol–water partition coefficient (Wildman–Crippen LogP) is 3.23. The largest absolute Gasteiger partial charge is 0.494 e. The van der Waals surface area contributed by atoms with Crippen molar-refractivity contribution in [2.24, 2.45) is 11.1 Å². The Bertz CT molecular complexity index is 333. The van der Waals surface area contributed by atoms with Gasteiger partial charge in [-0.3, -0.25) is 0 Å². The second-order valence-corrected chi connectivity index (χ2v) is 5.22. The van der Waals surface area contributed by atoms with Crippen molar-refractivity contribution in [3.63, 3.8) is 0 Å².